The summed E-state index contributed by atoms with van der Waals surface area (Å²) in [6.45, 7) is 4.42. The maximum Gasteiger partial charge on any atom is 0.270 e. The number of aromatic nitrogens is 4. The fourth-order valence-corrected chi connectivity index (χ4v) is 9.35. The molecule has 1 unspecified atom stereocenters. The minimum Gasteiger partial charge on any atom is -0.370 e. The number of hydrogen-bond donors (Lipinski definition) is 1. The van der Waals surface area contributed by atoms with Crippen molar-refractivity contribution in [2.24, 2.45) is 5.92 Å². The highest BCUT2D eigenvalue weighted by molar-refractivity contribution is 6.01. The number of imide groups is 1. The predicted molar refractivity (Wildman–Crippen MR) is 215 cm³/mol. The summed E-state index contributed by atoms with van der Waals surface area (Å²) in [5, 5.41) is 3.36. The molecule has 0 spiro atoms. The molecule has 3 saturated heterocycles. The first-order chi connectivity index (χ1) is 26.7. The summed E-state index contributed by atoms with van der Waals surface area (Å²) in [6, 6.07) is 15.6. The predicted octanol–water partition coefficient (Wildman–Crippen LogP) is 6.24. The zero-order chi connectivity index (χ0) is 38.1. The van der Waals surface area contributed by atoms with E-state index in [0.717, 1.165) is 66.4 Å². The van der Waals surface area contributed by atoms with E-state index in [1.54, 1.807) is 19.0 Å². The van der Waals surface area contributed by atoms with Crippen LogP contribution in [0.25, 0.3) is 11.0 Å². The second-order valence-electron chi connectivity index (χ2n) is 16.4. The molecule has 1 aromatic carbocycles. The molecule has 8 rings (SSSR count). The van der Waals surface area contributed by atoms with Gasteiger partial charge in [-0.2, -0.15) is 4.98 Å². The van der Waals surface area contributed by atoms with Crippen LogP contribution in [0.2, 0.25) is 0 Å². The average Bonchev–Trinajstić information content (AvgIpc) is 3.88. The second kappa shape index (κ2) is 16.1. The van der Waals surface area contributed by atoms with Crippen molar-refractivity contribution in [2.45, 2.75) is 95.1 Å². The zero-order valence-electron chi connectivity index (χ0n) is 32.6. The van der Waals surface area contributed by atoms with E-state index >= 15 is 0 Å². The van der Waals surface area contributed by atoms with Crippen molar-refractivity contribution < 1.29 is 14.4 Å². The summed E-state index contributed by atoms with van der Waals surface area (Å²) >= 11 is 0. The molecule has 3 amide bonds. The average molecular weight is 746 g/mol. The topological polar surface area (TPSA) is 120 Å². The van der Waals surface area contributed by atoms with Gasteiger partial charge in [-0.05, 0) is 106 Å². The van der Waals surface area contributed by atoms with Crippen LogP contribution in [0.5, 0.6) is 0 Å². The van der Waals surface area contributed by atoms with E-state index in [1.165, 1.54) is 63.6 Å². The minimum atomic E-state index is -0.215. The summed E-state index contributed by atoms with van der Waals surface area (Å²) < 4.78 is 2.15. The fraction of sp³-hybridized carbons (Fsp3) is 0.535. The first-order valence-electron chi connectivity index (χ1n) is 20.4. The highest BCUT2D eigenvalue weighted by Crippen LogP contribution is 2.36. The van der Waals surface area contributed by atoms with E-state index in [1.807, 2.05) is 30.4 Å². The Morgan fingerprint density at radius 2 is 1.58 bits per heavy atom. The lowest BCUT2D eigenvalue weighted by molar-refractivity contribution is -0.134. The maximum absolute atomic E-state index is 13.1. The normalized spacial score (nSPS) is 20.6. The lowest BCUT2D eigenvalue weighted by Gasteiger charge is -2.42. The van der Waals surface area contributed by atoms with Crippen LogP contribution in [0.4, 0.5) is 17.5 Å². The number of carbonyl (C=O) groups is 3. The van der Waals surface area contributed by atoms with E-state index in [9.17, 15) is 14.4 Å². The van der Waals surface area contributed by atoms with E-state index in [2.05, 4.69) is 61.1 Å². The van der Waals surface area contributed by atoms with Crippen molar-refractivity contribution in [1.82, 2.24) is 34.6 Å². The van der Waals surface area contributed by atoms with Gasteiger partial charge in [0.25, 0.3) is 5.91 Å². The van der Waals surface area contributed by atoms with E-state index < -0.39 is 0 Å². The van der Waals surface area contributed by atoms with Gasteiger partial charge in [0.05, 0.1) is 17.8 Å². The number of hydrogen-bond acceptors (Lipinski definition) is 9. The lowest BCUT2D eigenvalue weighted by atomic mass is 9.87. The number of carbonyl (C=O) groups excluding carboxylic acids is 3. The summed E-state index contributed by atoms with van der Waals surface area (Å²) in [5.74, 6) is 1.55. The molecular formula is C43H55N9O3. The SMILES string of the molecule is CN(C)C(=O)c1cc2cnc(N(C)c3ccc(N4CCC(N5CCC(CCc6ccc(C7CCC(=O)NC7=O)cc6)CC5)CC4)cn3)nc2n1C1CCCC1. The van der Waals surface area contributed by atoms with Crippen LogP contribution in [0.1, 0.15) is 104 Å². The number of amides is 3. The molecule has 1 aliphatic carbocycles. The largest absolute Gasteiger partial charge is 0.370 e. The third kappa shape index (κ3) is 7.97. The number of rotatable bonds is 10. The molecule has 4 aromatic rings. The molecular weight excluding hydrogens is 691 g/mol. The Morgan fingerprint density at radius 1 is 0.836 bits per heavy atom. The molecule has 1 saturated carbocycles. The molecule has 290 valence electrons. The first kappa shape index (κ1) is 37.1. The van der Waals surface area contributed by atoms with Gasteiger partial charge in [-0.3, -0.25) is 24.6 Å². The van der Waals surface area contributed by atoms with Gasteiger partial charge in [0.2, 0.25) is 17.8 Å². The maximum atomic E-state index is 13.1. The second-order valence-corrected chi connectivity index (χ2v) is 16.4. The number of likely N-dealkylation sites (tertiary alicyclic amines) is 1. The summed E-state index contributed by atoms with van der Waals surface area (Å²) in [6.07, 6.45) is 16.4. The number of nitrogens with zero attached hydrogens (tertiary/aromatic N) is 8. The van der Waals surface area contributed by atoms with E-state index in [4.69, 9.17) is 9.97 Å². The quantitative estimate of drug-likeness (QED) is 0.188. The Hall–Kier alpha value is -4.84. The van der Waals surface area contributed by atoms with Crippen molar-refractivity contribution in [3.63, 3.8) is 0 Å². The number of nitrogens with one attached hydrogen (secondary N) is 1. The number of anilines is 3. The number of aryl methyl sites for hydroxylation is 1. The Bertz CT molecular complexity index is 1990. The van der Waals surface area contributed by atoms with Gasteiger partial charge in [-0.15, -0.1) is 0 Å². The number of fused-ring (bicyclic) bond motifs is 1. The van der Waals surface area contributed by atoms with Crippen LogP contribution in [-0.4, -0.2) is 100 Å². The molecule has 3 aromatic heterocycles. The Kier molecular flexibility index (Phi) is 10.9. The molecule has 0 radical (unpaired) electrons. The molecule has 0 bridgehead atoms. The Labute approximate surface area is 324 Å². The van der Waals surface area contributed by atoms with Gasteiger partial charge in [-0.25, -0.2) is 9.97 Å². The van der Waals surface area contributed by atoms with Gasteiger partial charge < -0.3 is 19.3 Å². The molecule has 1 N–H and O–H groups in total. The number of piperidine rings is 3. The molecule has 1 atom stereocenters. The van der Waals surface area contributed by atoms with Crippen molar-refractivity contribution in [1.29, 1.82) is 0 Å². The van der Waals surface area contributed by atoms with Gasteiger partial charge in [-0.1, -0.05) is 37.1 Å². The molecule has 12 nitrogen and oxygen atoms in total. The van der Waals surface area contributed by atoms with Crippen LogP contribution >= 0.6 is 0 Å². The van der Waals surface area contributed by atoms with Gasteiger partial charge in [0, 0.05) is 64.3 Å². The van der Waals surface area contributed by atoms with Gasteiger partial charge >= 0.3 is 0 Å². The van der Waals surface area contributed by atoms with Crippen molar-refractivity contribution in [2.75, 3.05) is 57.1 Å². The molecule has 6 heterocycles. The van der Waals surface area contributed by atoms with Gasteiger partial charge in [0.1, 0.15) is 17.2 Å². The first-order valence-corrected chi connectivity index (χ1v) is 20.4. The standard InChI is InChI=1S/C43H55N9O3/c1-48(2)42(55)37-26-32-27-45-43(47-40(32)52(37)34-6-4-5-7-34)49(3)38-16-14-35(28-44-38)51-24-20-33(21-25-51)50-22-18-30(19-23-50)9-8-29-10-12-31(13-11-29)36-15-17-39(53)46-41(36)54/h10-14,16,26-28,30,33-34,36H,4-9,15,17-25H2,1-3H3,(H,46,53,54). The van der Waals surface area contributed by atoms with Crippen molar-refractivity contribution in [3.8, 4) is 0 Å². The van der Waals surface area contributed by atoms with E-state index in [0.29, 0.717) is 30.5 Å². The van der Waals surface area contributed by atoms with E-state index in [-0.39, 0.29) is 29.7 Å². The van der Waals surface area contributed by atoms with Crippen LogP contribution in [0.15, 0.2) is 54.9 Å². The third-order valence-electron chi connectivity index (χ3n) is 12.7. The molecule has 4 aliphatic rings. The molecule has 12 heteroatoms. The molecule has 55 heavy (non-hydrogen) atoms. The molecule has 3 aliphatic heterocycles. The smallest absolute Gasteiger partial charge is 0.270 e. The van der Waals surface area contributed by atoms with Crippen LogP contribution in [0.3, 0.4) is 0 Å². The highest BCUT2D eigenvalue weighted by Gasteiger charge is 2.31. The number of benzene rings is 1. The van der Waals surface area contributed by atoms with Crippen molar-refractivity contribution >= 4 is 46.2 Å². The molecule has 4 fully saturated rings. The van der Waals surface area contributed by atoms with Crippen LogP contribution in [0, 0.1) is 5.92 Å². The number of pyridine rings is 1. The third-order valence-corrected chi connectivity index (χ3v) is 12.7. The Morgan fingerprint density at radius 3 is 2.25 bits per heavy atom. The Balaban J connectivity index is 0.814. The van der Waals surface area contributed by atoms with Gasteiger partial charge in [0.15, 0.2) is 0 Å². The van der Waals surface area contributed by atoms with Crippen LogP contribution in [-0.2, 0) is 16.0 Å². The summed E-state index contributed by atoms with van der Waals surface area (Å²) in [4.78, 5) is 60.2. The summed E-state index contributed by atoms with van der Waals surface area (Å²) in [7, 11) is 5.55. The fourth-order valence-electron chi connectivity index (χ4n) is 9.35. The zero-order valence-corrected chi connectivity index (χ0v) is 32.6. The monoisotopic (exact) mass is 745 g/mol. The lowest BCUT2D eigenvalue weighted by Crippen LogP contribution is -2.47. The summed E-state index contributed by atoms with van der Waals surface area (Å²) in [5.41, 5.74) is 4.98. The minimum absolute atomic E-state index is 0.00752. The van der Waals surface area contributed by atoms with Crippen LogP contribution < -0.4 is 15.1 Å². The highest BCUT2D eigenvalue weighted by atomic mass is 16.2. The van der Waals surface area contributed by atoms with Crippen molar-refractivity contribution in [3.05, 3.63) is 71.7 Å².